The van der Waals surface area contributed by atoms with Gasteiger partial charge in [0, 0.05) is 4.47 Å². The van der Waals surface area contributed by atoms with Gasteiger partial charge in [0.25, 0.3) is 0 Å². The highest BCUT2D eigenvalue weighted by Crippen LogP contribution is 2.30. The van der Waals surface area contributed by atoms with Crippen molar-refractivity contribution in [3.05, 3.63) is 28.0 Å². The van der Waals surface area contributed by atoms with Gasteiger partial charge in [-0.25, -0.2) is 4.39 Å². The SMILES string of the molecule is N#Cc1cc(Br)cc(F)c1OC1CCSCC1. The lowest BCUT2D eigenvalue weighted by molar-refractivity contribution is 0.183. The van der Waals surface area contributed by atoms with Crippen LogP contribution in [0.15, 0.2) is 16.6 Å². The molecule has 0 amide bonds. The van der Waals surface area contributed by atoms with Gasteiger partial charge >= 0.3 is 0 Å². The van der Waals surface area contributed by atoms with Crippen LogP contribution < -0.4 is 4.74 Å². The molecule has 1 aromatic carbocycles. The summed E-state index contributed by atoms with van der Waals surface area (Å²) >= 11 is 5.04. The zero-order chi connectivity index (χ0) is 12.3. The number of nitriles is 1. The molecule has 2 nitrogen and oxygen atoms in total. The zero-order valence-corrected chi connectivity index (χ0v) is 11.5. The minimum absolute atomic E-state index is 0.0269. The average Bonchev–Trinajstić information content (AvgIpc) is 2.33. The Kier molecular flexibility index (Phi) is 4.30. The van der Waals surface area contributed by atoms with Gasteiger partial charge in [-0.05, 0) is 36.5 Å². The van der Waals surface area contributed by atoms with Crippen molar-refractivity contribution in [1.82, 2.24) is 0 Å². The van der Waals surface area contributed by atoms with Crippen molar-refractivity contribution in [2.45, 2.75) is 18.9 Å². The molecule has 0 spiro atoms. The summed E-state index contributed by atoms with van der Waals surface area (Å²) in [5.74, 6) is 1.68. The lowest BCUT2D eigenvalue weighted by atomic mass is 10.2. The van der Waals surface area contributed by atoms with Gasteiger partial charge in [0.15, 0.2) is 11.6 Å². The van der Waals surface area contributed by atoms with Gasteiger partial charge in [0.2, 0.25) is 0 Å². The smallest absolute Gasteiger partial charge is 0.173 e. The second kappa shape index (κ2) is 5.74. The first kappa shape index (κ1) is 12.7. The van der Waals surface area contributed by atoms with Crippen LogP contribution in [0.4, 0.5) is 4.39 Å². The Morgan fingerprint density at radius 1 is 1.41 bits per heavy atom. The monoisotopic (exact) mass is 315 g/mol. The minimum Gasteiger partial charge on any atom is -0.486 e. The number of benzene rings is 1. The second-order valence-electron chi connectivity index (χ2n) is 3.81. The third-order valence-electron chi connectivity index (χ3n) is 2.58. The van der Waals surface area contributed by atoms with E-state index in [1.165, 1.54) is 6.07 Å². The molecule has 2 rings (SSSR count). The number of halogens is 2. The third kappa shape index (κ3) is 3.14. The molecular weight excluding hydrogens is 305 g/mol. The van der Waals surface area contributed by atoms with E-state index in [2.05, 4.69) is 15.9 Å². The fraction of sp³-hybridized carbons (Fsp3) is 0.417. The van der Waals surface area contributed by atoms with E-state index in [1.54, 1.807) is 6.07 Å². The molecule has 0 aliphatic carbocycles. The summed E-state index contributed by atoms with van der Waals surface area (Å²) in [6.45, 7) is 0. The van der Waals surface area contributed by atoms with E-state index in [0.29, 0.717) is 4.47 Å². The van der Waals surface area contributed by atoms with Gasteiger partial charge in [-0.15, -0.1) is 0 Å². The van der Waals surface area contributed by atoms with Gasteiger partial charge in [-0.3, -0.25) is 0 Å². The maximum absolute atomic E-state index is 13.7. The zero-order valence-electron chi connectivity index (χ0n) is 9.08. The molecule has 1 saturated heterocycles. The van der Waals surface area contributed by atoms with Crippen LogP contribution in [0.25, 0.3) is 0 Å². The Morgan fingerprint density at radius 2 is 2.12 bits per heavy atom. The van der Waals surface area contributed by atoms with Gasteiger partial charge in [-0.2, -0.15) is 17.0 Å². The molecule has 1 aromatic rings. The number of thioether (sulfide) groups is 1. The predicted molar refractivity (Wildman–Crippen MR) is 69.8 cm³/mol. The van der Waals surface area contributed by atoms with E-state index < -0.39 is 5.82 Å². The Labute approximate surface area is 112 Å². The molecule has 0 saturated carbocycles. The molecule has 90 valence electrons. The molecule has 1 aliphatic rings. The molecule has 1 heterocycles. The Morgan fingerprint density at radius 3 is 2.76 bits per heavy atom. The molecular formula is C12H11BrFNOS. The lowest BCUT2D eigenvalue weighted by Crippen LogP contribution is -2.23. The number of ether oxygens (including phenoxy) is 1. The normalized spacial score (nSPS) is 16.5. The van der Waals surface area contributed by atoms with Gasteiger partial charge < -0.3 is 4.74 Å². The first-order valence-electron chi connectivity index (χ1n) is 5.34. The summed E-state index contributed by atoms with van der Waals surface area (Å²) in [5, 5.41) is 8.98. The van der Waals surface area contributed by atoms with Gasteiger partial charge in [-0.1, -0.05) is 15.9 Å². The fourth-order valence-corrected chi connectivity index (χ4v) is 3.22. The first-order chi connectivity index (χ1) is 8.20. The van der Waals surface area contributed by atoms with E-state index in [-0.39, 0.29) is 17.4 Å². The largest absolute Gasteiger partial charge is 0.486 e. The molecule has 1 fully saturated rings. The van der Waals surface area contributed by atoms with E-state index in [0.717, 1.165) is 24.3 Å². The highest BCUT2D eigenvalue weighted by atomic mass is 79.9. The number of hydrogen-bond acceptors (Lipinski definition) is 3. The van der Waals surface area contributed by atoms with Crippen LogP contribution in [0.3, 0.4) is 0 Å². The Balaban J connectivity index is 2.22. The van der Waals surface area contributed by atoms with Crippen molar-refractivity contribution in [2.75, 3.05) is 11.5 Å². The second-order valence-corrected chi connectivity index (χ2v) is 5.95. The fourth-order valence-electron chi connectivity index (χ4n) is 1.72. The van der Waals surface area contributed by atoms with Gasteiger partial charge in [0.1, 0.15) is 12.2 Å². The number of hydrogen-bond donors (Lipinski definition) is 0. The van der Waals surface area contributed by atoms with E-state index in [1.807, 2.05) is 17.8 Å². The van der Waals surface area contributed by atoms with Crippen molar-refractivity contribution in [2.24, 2.45) is 0 Å². The van der Waals surface area contributed by atoms with Crippen LogP contribution in [0.5, 0.6) is 5.75 Å². The van der Waals surface area contributed by atoms with Crippen molar-refractivity contribution in [3.63, 3.8) is 0 Å². The molecule has 17 heavy (non-hydrogen) atoms. The maximum atomic E-state index is 13.7. The van der Waals surface area contributed by atoms with Gasteiger partial charge in [0.05, 0.1) is 5.56 Å². The molecule has 0 unspecified atom stereocenters. The summed E-state index contributed by atoms with van der Waals surface area (Å²) in [6.07, 6.45) is 1.84. The highest BCUT2D eigenvalue weighted by Gasteiger charge is 2.19. The summed E-state index contributed by atoms with van der Waals surface area (Å²) in [7, 11) is 0. The standard InChI is InChI=1S/C12H11BrFNOS/c13-9-5-8(7-15)12(11(14)6-9)16-10-1-3-17-4-2-10/h5-6,10H,1-4H2. The molecule has 5 heteroatoms. The Bertz CT molecular complexity index is 455. The molecule has 0 N–H and O–H groups in total. The van der Waals surface area contributed by atoms with Crippen LogP contribution in [0.2, 0.25) is 0 Å². The van der Waals surface area contributed by atoms with Crippen LogP contribution >= 0.6 is 27.7 Å². The molecule has 1 aliphatic heterocycles. The maximum Gasteiger partial charge on any atom is 0.173 e. The van der Waals surface area contributed by atoms with E-state index in [9.17, 15) is 4.39 Å². The van der Waals surface area contributed by atoms with Crippen molar-refractivity contribution in [1.29, 1.82) is 5.26 Å². The topological polar surface area (TPSA) is 33.0 Å². The molecule has 0 aromatic heterocycles. The number of nitrogens with zero attached hydrogens (tertiary/aromatic N) is 1. The van der Waals surface area contributed by atoms with Crippen molar-refractivity contribution in [3.8, 4) is 11.8 Å². The van der Waals surface area contributed by atoms with Crippen LogP contribution in [0, 0.1) is 17.1 Å². The summed E-state index contributed by atoms with van der Waals surface area (Å²) < 4.78 is 19.9. The average molecular weight is 316 g/mol. The van der Waals surface area contributed by atoms with E-state index in [4.69, 9.17) is 10.00 Å². The van der Waals surface area contributed by atoms with Crippen molar-refractivity contribution < 1.29 is 9.13 Å². The van der Waals surface area contributed by atoms with E-state index >= 15 is 0 Å². The van der Waals surface area contributed by atoms with Crippen LogP contribution in [-0.2, 0) is 0 Å². The highest BCUT2D eigenvalue weighted by molar-refractivity contribution is 9.10. The summed E-state index contributed by atoms with van der Waals surface area (Å²) in [6, 6.07) is 4.87. The number of rotatable bonds is 2. The molecule has 0 radical (unpaired) electrons. The lowest BCUT2D eigenvalue weighted by Gasteiger charge is -2.23. The van der Waals surface area contributed by atoms with Crippen LogP contribution in [-0.4, -0.2) is 17.6 Å². The molecule has 0 atom stereocenters. The van der Waals surface area contributed by atoms with Crippen molar-refractivity contribution >= 4 is 27.7 Å². The quantitative estimate of drug-likeness (QED) is 0.833. The van der Waals surface area contributed by atoms with Crippen LogP contribution in [0.1, 0.15) is 18.4 Å². The summed E-state index contributed by atoms with van der Waals surface area (Å²) in [5.41, 5.74) is 0.245. The minimum atomic E-state index is -0.478. The first-order valence-corrected chi connectivity index (χ1v) is 7.29. The third-order valence-corrected chi connectivity index (χ3v) is 4.09. The predicted octanol–water partition coefficient (Wildman–Crippen LogP) is 3.73. The Hall–Kier alpha value is -0.730. The summed E-state index contributed by atoms with van der Waals surface area (Å²) in [4.78, 5) is 0. The molecule has 0 bridgehead atoms.